The summed E-state index contributed by atoms with van der Waals surface area (Å²) in [6, 6.07) is 0. The van der Waals surface area contributed by atoms with Crippen LogP contribution in [-0.2, 0) is 9.13 Å². The third kappa shape index (κ3) is 4.79. The van der Waals surface area contributed by atoms with Crippen molar-refractivity contribution in [1.82, 2.24) is 4.90 Å². The highest BCUT2D eigenvalue weighted by atomic mass is 31.2. The minimum absolute atomic E-state index is 0.251. The highest BCUT2D eigenvalue weighted by molar-refractivity contribution is 7.70. The maximum absolute atomic E-state index is 11.1. The second-order valence-electron chi connectivity index (χ2n) is 4.67. The van der Waals surface area contributed by atoms with Crippen molar-refractivity contribution in [3.8, 4) is 0 Å². The molecule has 0 saturated carbocycles. The van der Waals surface area contributed by atoms with Crippen molar-refractivity contribution >= 4 is 15.2 Å². The monoisotopic (exact) mass is 287 g/mol. The zero-order valence-electron chi connectivity index (χ0n) is 9.64. The Hall–Kier alpha value is 0.260. The van der Waals surface area contributed by atoms with Crippen molar-refractivity contribution in [2.75, 3.05) is 19.6 Å². The quantitative estimate of drug-likeness (QED) is 0.553. The van der Waals surface area contributed by atoms with Crippen LogP contribution in [0.1, 0.15) is 19.8 Å². The van der Waals surface area contributed by atoms with Crippen molar-refractivity contribution in [2.24, 2.45) is 5.92 Å². The molecule has 1 aliphatic rings. The molecule has 7 nitrogen and oxygen atoms in total. The molecule has 1 heterocycles. The van der Waals surface area contributed by atoms with E-state index in [0.717, 1.165) is 12.8 Å². The van der Waals surface area contributed by atoms with Crippen molar-refractivity contribution < 1.29 is 28.7 Å². The fourth-order valence-electron chi connectivity index (χ4n) is 2.09. The van der Waals surface area contributed by atoms with E-state index in [1.54, 1.807) is 4.90 Å². The predicted octanol–water partition coefficient (Wildman–Crippen LogP) is 0.400. The first-order valence-electron chi connectivity index (χ1n) is 5.43. The van der Waals surface area contributed by atoms with Gasteiger partial charge in [-0.2, -0.15) is 0 Å². The molecule has 0 aromatic carbocycles. The summed E-state index contributed by atoms with van der Waals surface area (Å²) < 4.78 is 22.2. The van der Waals surface area contributed by atoms with Gasteiger partial charge in [0.05, 0.1) is 0 Å². The van der Waals surface area contributed by atoms with Crippen molar-refractivity contribution in [1.29, 1.82) is 0 Å². The number of hydrogen-bond acceptors (Lipinski definition) is 3. The normalized spacial score (nSPS) is 24.2. The Morgan fingerprint density at radius 2 is 1.76 bits per heavy atom. The van der Waals surface area contributed by atoms with Gasteiger partial charge in [0.15, 0.2) is 5.40 Å². The van der Waals surface area contributed by atoms with Crippen LogP contribution < -0.4 is 0 Å². The molecule has 1 rings (SSSR count). The van der Waals surface area contributed by atoms with Crippen LogP contribution >= 0.6 is 15.2 Å². The van der Waals surface area contributed by atoms with Crippen LogP contribution in [0.15, 0.2) is 0 Å². The van der Waals surface area contributed by atoms with Gasteiger partial charge in [-0.05, 0) is 25.3 Å². The number of rotatable bonds is 4. The summed E-state index contributed by atoms with van der Waals surface area (Å²) in [5.41, 5.74) is 0. The molecule has 1 aliphatic heterocycles. The molecule has 9 heteroatoms. The van der Waals surface area contributed by atoms with E-state index < -0.39 is 20.6 Å². The topological polar surface area (TPSA) is 118 Å². The molecular weight excluding hydrogens is 268 g/mol. The van der Waals surface area contributed by atoms with Gasteiger partial charge in [0.25, 0.3) is 0 Å². The molecule has 0 aromatic rings. The van der Waals surface area contributed by atoms with E-state index in [4.69, 9.17) is 19.6 Å². The van der Waals surface area contributed by atoms with Gasteiger partial charge in [-0.25, -0.2) is 0 Å². The van der Waals surface area contributed by atoms with Gasteiger partial charge in [0.2, 0.25) is 0 Å². The summed E-state index contributed by atoms with van der Waals surface area (Å²) in [6.45, 7) is 3.01. The van der Waals surface area contributed by atoms with Crippen LogP contribution in [0.4, 0.5) is 0 Å². The minimum atomic E-state index is -4.79. The summed E-state index contributed by atoms with van der Waals surface area (Å²) in [5.74, 6) is 0.387. The Kier molecular flexibility index (Phi) is 4.95. The van der Waals surface area contributed by atoms with Crippen LogP contribution in [0.25, 0.3) is 0 Å². The van der Waals surface area contributed by atoms with Crippen LogP contribution in [0.5, 0.6) is 0 Å². The summed E-state index contributed by atoms with van der Waals surface area (Å²) in [5, 5.41) is -1.90. The van der Waals surface area contributed by atoms with E-state index in [1.807, 2.05) is 6.92 Å². The summed E-state index contributed by atoms with van der Waals surface area (Å²) in [4.78, 5) is 37.7. The summed E-state index contributed by atoms with van der Waals surface area (Å²) >= 11 is 0. The zero-order valence-corrected chi connectivity index (χ0v) is 11.4. The van der Waals surface area contributed by atoms with Gasteiger partial charge < -0.3 is 24.5 Å². The first kappa shape index (κ1) is 15.3. The van der Waals surface area contributed by atoms with Gasteiger partial charge in [-0.15, -0.1) is 0 Å². The van der Waals surface area contributed by atoms with Gasteiger partial charge in [-0.1, -0.05) is 6.92 Å². The minimum Gasteiger partial charge on any atom is -0.324 e. The lowest BCUT2D eigenvalue weighted by Gasteiger charge is -2.33. The smallest absolute Gasteiger partial charge is 0.324 e. The molecular formula is C8H19NO6P2. The average molecular weight is 287 g/mol. The Morgan fingerprint density at radius 1 is 1.24 bits per heavy atom. The van der Waals surface area contributed by atoms with Gasteiger partial charge in [0.1, 0.15) is 0 Å². The number of hydrogen-bond donors (Lipinski definition) is 4. The molecule has 1 saturated heterocycles. The molecule has 4 N–H and O–H groups in total. The van der Waals surface area contributed by atoms with E-state index in [9.17, 15) is 9.13 Å². The SMILES string of the molecule is CC1CCCN(CC(P(=O)(O)O)P(=O)(O)O)C1. The zero-order chi connectivity index (χ0) is 13.3. The Morgan fingerprint density at radius 3 is 2.18 bits per heavy atom. The second-order valence-corrected chi connectivity index (χ2v) is 8.68. The Balaban J connectivity index is 2.74. The van der Waals surface area contributed by atoms with Gasteiger partial charge in [-0.3, -0.25) is 9.13 Å². The summed E-state index contributed by atoms with van der Waals surface area (Å²) in [6.07, 6.45) is 1.92. The molecule has 1 atom stereocenters. The van der Waals surface area contributed by atoms with Gasteiger partial charge in [0, 0.05) is 13.1 Å². The molecule has 1 fully saturated rings. The maximum atomic E-state index is 11.1. The highest BCUT2D eigenvalue weighted by Gasteiger charge is 2.44. The molecule has 0 spiro atoms. The van der Waals surface area contributed by atoms with E-state index in [1.165, 1.54) is 0 Å². The number of nitrogens with zero attached hydrogens (tertiary/aromatic N) is 1. The fourth-order valence-corrected chi connectivity index (χ4v) is 4.55. The molecule has 1 unspecified atom stereocenters. The molecule has 0 aromatic heterocycles. The van der Waals surface area contributed by atoms with Crippen LogP contribution in [0, 0.1) is 5.92 Å². The average Bonchev–Trinajstić information content (AvgIpc) is 2.10. The third-order valence-electron chi connectivity index (χ3n) is 2.94. The molecule has 17 heavy (non-hydrogen) atoms. The Labute approximate surface area is 100 Å². The number of likely N-dealkylation sites (tertiary alicyclic amines) is 1. The third-order valence-corrected chi connectivity index (χ3v) is 6.62. The first-order chi connectivity index (χ1) is 7.60. The molecule has 0 amide bonds. The van der Waals surface area contributed by atoms with Crippen LogP contribution in [-0.4, -0.2) is 49.5 Å². The van der Waals surface area contributed by atoms with Crippen LogP contribution in [0.3, 0.4) is 0 Å². The lowest BCUT2D eigenvalue weighted by Crippen LogP contribution is -2.39. The first-order valence-corrected chi connectivity index (χ1v) is 8.80. The predicted molar refractivity (Wildman–Crippen MR) is 62.7 cm³/mol. The fraction of sp³-hybridized carbons (Fsp3) is 1.00. The van der Waals surface area contributed by atoms with E-state index >= 15 is 0 Å². The number of piperidine rings is 1. The van der Waals surface area contributed by atoms with E-state index in [-0.39, 0.29) is 6.54 Å². The highest BCUT2D eigenvalue weighted by Crippen LogP contribution is 2.60. The van der Waals surface area contributed by atoms with E-state index in [0.29, 0.717) is 19.0 Å². The lowest BCUT2D eigenvalue weighted by molar-refractivity contribution is 0.182. The molecule has 0 aliphatic carbocycles. The molecule has 0 radical (unpaired) electrons. The Bertz CT molecular complexity index is 328. The van der Waals surface area contributed by atoms with Crippen LogP contribution in [0.2, 0.25) is 0 Å². The van der Waals surface area contributed by atoms with Crippen molar-refractivity contribution in [3.05, 3.63) is 0 Å². The van der Waals surface area contributed by atoms with Crippen molar-refractivity contribution in [2.45, 2.75) is 25.2 Å². The maximum Gasteiger partial charge on any atom is 0.342 e. The van der Waals surface area contributed by atoms with E-state index in [2.05, 4.69) is 0 Å². The van der Waals surface area contributed by atoms with Crippen molar-refractivity contribution in [3.63, 3.8) is 0 Å². The van der Waals surface area contributed by atoms with Gasteiger partial charge >= 0.3 is 15.2 Å². The molecule has 0 bridgehead atoms. The molecule has 102 valence electrons. The second kappa shape index (κ2) is 5.49. The lowest BCUT2D eigenvalue weighted by atomic mass is 10.0. The summed E-state index contributed by atoms with van der Waals surface area (Å²) in [7, 11) is -9.58. The standard InChI is InChI=1S/C8H19NO6P2/c1-7-3-2-4-9(5-7)6-8(16(10,11)12)17(13,14)15/h7-8H,2-6H2,1H3,(H2,10,11,12)(H2,13,14,15). The largest absolute Gasteiger partial charge is 0.342 e.